The van der Waals surface area contributed by atoms with Gasteiger partial charge in [-0.1, -0.05) is 53.5 Å². The van der Waals surface area contributed by atoms with Crippen molar-refractivity contribution in [1.82, 2.24) is 4.90 Å². The largest absolute Gasteiger partial charge is 0.384 e. The molecular formula is C28H29Cl2N3O2. The molecule has 0 unspecified atom stereocenters. The van der Waals surface area contributed by atoms with Crippen LogP contribution in [0.5, 0.6) is 0 Å². The highest BCUT2D eigenvalue weighted by atomic mass is 35.5. The summed E-state index contributed by atoms with van der Waals surface area (Å²) < 4.78 is 5.25. The fourth-order valence-electron chi connectivity index (χ4n) is 4.71. The Morgan fingerprint density at radius 3 is 2.40 bits per heavy atom. The number of β-amino-alcohol motifs (C(OH)–C–C–N with tert-alkyl or cyclic N) is 1. The summed E-state index contributed by atoms with van der Waals surface area (Å²) in [4.78, 5) is 4.61. The van der Waals surface area contributed by atoms with Crippen LogP contribution in [0.25, 0.3) is 0 Å². The van der Waals surface area contributed by atoms with Crippen LogP contribution in [0.3, 0.4) is 0 Å². The molecule has 0 aliphatic carbocycles. The van der Waals surface area contributed by atoms with E-state index in [9.17, 15) is 5.11 Å². The molecule has 0 aromatic heterocycles. The summed E-state index contributed by atoms with van der Waals surface area (Å²) in [5.74, 6) is 0. The van der Waals surface area contributed by atoms with Crippen LogP contribution < -0.4 is 4.90 Å². The fourth-order valence-corrected chi connectivity index (χ4v) is 5.15. The first-order chi connectivity index (χ1) is 16.8. The topological polar surface area (TPSA) is 59.7 Å². The molecule has 5 nitrogen and oxygen atoms in total. The van der Waals surface area contributed by atoms with Gasteiger partial charge >= 0.3 is 0 Å². The Morgan fingerprint density at radius 1 is 1.06 bits per heavy atom. The van der Waals surface area contributed by atoms with E-state index in [1.54, 1.807) is 19.2 Å². The van der Waals surface area contributed by atoms with E-state index in [1.807, 2.05) is 43.3 Å². The predicted octanol–water partition coefficient (Wildman–Crippen LogP) is 5.78. The number of hydrogen-bond donors (Lipinski definition) is 1. The zero-order valence-corrected chi connectivity index (χ0v) is 21.4. The zero-order chi connectivity index (χ0) is 25.0. The van der Waals surface area contributed by atoms with Crippen LogP contribution in [0.1, 0.15) is 35.2 Å². The third-order valence-corrected chi connectivity index (χ3v) is 7.07. The fraction of sp³-hybridized carbons (Fsp3) is 0.321. The lowest BCUT2D eigenvalue weighted by molar-refractivity contribution is 0.0103. The van der Waals surface area contributed by atoms with Gasteiger partial charge in [0.2, 0.25) is 0 Å². The molecule has 0 saturated carbocycles. The Labute approximate surface area is 217 Å². The molecule has 35 heavy (non-hydrogen) atoms. The lowest BCUT2D eigenvalue weighted by atomic mass is 9.93. The summed E-state index contributed by atoms with van der Waals surface area (Å²) in [6, 6.07) is 23.3. The highest BCUT2D eigenvalue weighted by molar-refractivity contribution is 6.33. The third-order valence-electron chi connectivity index (χ3n) is 6.52. The molecular weight excluding hydrogens is 481 g/mol. The molecule has 1 aliphatic heterocycles. The third kappa shape index (κ3) is 5.98. The molecule has 1 fully saturated rings. The highest BCUT2D eigenvalue weighted by Gasteiger charge is 2.34. The molecule has 1 aliphatic rings. The minimum atomic E-state index is -1.06. The van der Waals surface area contributed by atoms with E-state index in [2.05, 4.69) is 34.1 Å². The van der Waals surface area contributed by atoms with E-state index in [0.29, 0.717) is 35.3 Å². The van der Waals surface area contributed by atoms with Gasteiger partial charge in [-0.3, -0.25) is 4.90 Å². The molecule has 1 saturated heterocycles. The van der Waals surface area contributed by atoms with E-state index in [0.717, 1.165) is 35.5 Å². The summed E-state index contributed by atoms with van der Waals surface area (Å²) in [6.07, 6.45) is 0. The van der Waals surface area contributed by atoms with E-state index >= 15 is 0 Å². The van der Waals surface area contributed by atoms with Crippen molar-refractivity contribution < 1.29 is 9.84 Å². The lowest BCUT2D eigenvalue weighted by Gasteiger charge is -2.45. The van der Waals surface area contributed by atoms with Crippen LogP contribution >= 0.6 is 23.2 Å². The number of anilines is 1. The number of nitriles is 1. The van der Waals surface area contributed by atoms with Crippen molar-refractivity contribution >= 4 is 28.9 Å². The maximum Gasteiger partial charge on any atom is 0.0994 e. The summed E-state index contributed by atoms with van der Waals surface area (Å²) in [6.45, 7) is 5.04. The van der Waals surface area contributed by atoms with Gasteiger partial charge in [0.15, 0.2) is 0 Å². The van der Waals surface area contributed by atoms with Gasteiger partial charge in [0, 0.05) is 38.3 Å². The Balaban J connectivity index is 1.59. The van der Waals surface area contributed by atoms with Crippen LogP contribution in [0.2, 0.25) is 10.0 Å². The van der Waals surface area contributed by atoms with E-state index in [-0.39, 0.29) is 6.04 Å². The number of benzene rings is 3. The maximum absolute atomic E-state index is 11.3. The number of rotatable bonds is 7. The Morgan fingerprint density at radius 2 is 1.77 bits per heavy atom. The van der Waals surface area contributed by atoms with E-state index < -0.39 is 5.60 Å². The number of nitrogens with zero attached hydrogens (tertiary/aromatic N) is 3. The number of methoxy groups -OCH3 is 1. The Hall–Kier alpha value is -2.59. The van der Waals surface area contributed by atoms with Crippen LogP contribution in [0, 0.1) is 11.3 Å². The molecule has 182 valence electrons. The molecule has 0 spiro atoms. The molecule has 0 bridgehead atoms. The lowest BCUT2D eigenvalue weighted by Crippen LogP contribution is -2.52. The Kier molecular flexibility index (Phi) is 8.01. The number of halogens is 2. The van der Waals surface area contributed by atoms with Gasteiger partial charge in [-0.25, -0.2) is 0 Å². The quantitative estimate of drug-likeness (QED) is 0.437. The standard InChI is InChI=1S/C28H29Cl2N3O2/c1-28(34,23-8-3-20(16-31)4-9-23)19-32-13-14-33(26-12-5-21(18-35-2)15-25(26)30)27(17-32)22-6-10-24(29)11-7-22/h3-12,15,27,34H,13-14,17-19H2,1-2H3/t27-,28+/m0/s1. The number of hydrogen-bond acceptors (Lipinski definition) is 5. The monoisotopic (exact) mass is 509 g/mol. The van der Waals surface area contributed by atoms with Gasteiger partial charge in [-0.05, 0) is 60.0 Å². The van der Waals surface area contributed by atoms with Crippen molar-refractivity contribution in [2.24, 2.45) is 0 Å². The molecule has 3 aromatic carbocycles. The van der Waals surface area contributed by atoms with Gasteiger partial charge in [-0.15, -0.1) is 0 Å². The van der Waals surface area contributed by atoms with Crippen molar-refractivity contribution in [2.75, 3.05) is 38.2 Å². The van der Waals surface area contributed by atoms with Crippen molar-refractivity contribution in [2.45, 2.75) is 25.2 Å². The van der Waals surface area contributed by atoms with Gasteiger partial charge in [-0.2, -0.15) is 5.26 Å². The first-order valence-corrected chi connectivity index (χ1v) is 12.3. The number of aliphatic hydroxyl groups is 1. The average molecular weight is 510 g/mol. The van der Waals surface area contributed by atoms with Crippen LogP contribution in [-0.2, 0) is 16.9 Å². The van der Waals surface area contributed by atoms with E-state index in [4.69, 9.17) is 33.2 Å². The molecule has 1 N–H and O–H groups in total. The van der Waals surface area contributed by atoms with Gasteiger partial charge in [0.25, 0.3) is 0 Å². The first-order valence-electron chi connectivity index (χ1n) is 11.6. The van der Waals surface area contributed by atoms with E-state index in [1.165, 1.54) is 0 Å². The smallest absolute Gasteiger partial charge is 0.0994 e. The van der Waals surface area contributed by atoms with Crippen LogP contribution in [-0.4, -0.2) is 43.3 Å². The number of ether oxygens (including phenoxy) is 1. The summed E-state index contributed by atoms with van der Waals surface area (Å²) in [5.41, 5.74) is 3.45. The Bertz CT molecular complexity index is 1190. The molecule has 4 rings (SSSR count). The summed E-state index contributed by atoms with van der Waals surface area (Å²) in [5, 5.41) is 21.8. The molecule has 1 heterocycles. The van der Waals surface area contributed by atoms with Crippen LogP contribution in [0.15, 0.2) is 66.7 Å². The molecule has 3 aromatic rings. The molecule has 2 atom stereocenters. The highest BCUT2D eigenvalue weighted by Crippen LogP contribution is 2.37. The normalized spacial score (nSPS) is 18.2. The summed E-state index contributed by atoms with van der Waals surface area (Å²) in [7, 11) is 1.67. The minimum absolute atomic E-state index is 0.0311. The molecule has 0 amide bonds. The average Bonchev–Trinajstić information content (AvgIpc) is 2.85. The first kappa shape index (κ1) is 25.5. The second kappa shape index (κ2) is 11.0. The van der Waals surface area contributed by atoms with Crippen molar-refractivity contribution in [1.29, 1.82) is 5.26 Å². The molecule has 0 radical (unpaired) electrons. The van der Waals surface area contributed by atoms with Crippen molar-refractivity contribution in [3.8, 4) is 6.07 Å². The van der Waals surface area contributed by atoms with Gasteiger partial charge < -0.3 is 14.7 Å². The SMILES string of the molecule is COCc1ccc(N2CCN(C[C@@](C)(O)c3ccc(C#N)cc3)C[C@H]2c2ccc(Cl)cc2)c(Cl)c1. The van der Waals surface area contributed by atoms with Gasteiger partial charge in [0.05, 0.1) is 40.6 Å². The second-order valence-corrected chi connectivity index (χ2v) is 10.0. The van der Waals surface area contributed by atoms with Crippen molar-refractivity contribution in [3.63, 3.8) is 0 Å². The van der Waals surface area contributed by atoms with Crippen molar-refractivity contribution in [3.05, 3.63) is 99.0 Å². The minimum Gasteiger partial charge on any atom is -0.384 e. The van der Waals surface area contributed by atoms with Gasteiger partial charge in [0.1, 0.15) is 0 Å². The number of piperazine rings is 1. The van der Waals surface area contributed by atoms with Crippen LogP contribution in [0.4, 0.5) is 5.69 Å². The predicted molar refractivity (Wildman–Crippen MR) is 141 cm³/mol. The maximum atomic E-state index is 11.3. The second-order valence-electron chi connectivity index (χ2n) is 9.18. The zero-order valence-electron chi connectivity index (χ0n) is 19.9. The molecule has 7 heteroatoms. The summed E-state index contributed by atoms with van der Waals surface area (Å²) >= 11 is 12.9.